The van der Waals surface area contributed by atoms with Gasteiger partial charge < -0.3 is 4.74 Å². The van der Waals surface area contributed by atoms with Crippen LogP contribution in [0.15, 0.2) is 30.6 Å². The van der Waals surface area contributed by atoms with Crippen LogP contribution in [0.25, 0.3) is 11.4 Å². The second-order valence-corrected chi connectivity index (χ2v) is 2.93. The second-order valence-electron chi connectivity index (χ2n) is 2.93. The fourth-order valence-electron chi connectivity index (χ4n) is 1.18. The van der Waals surface area contributed by atoms with Crippen molar-refractivity contribution >= 4 is 0 Å². The normalized spacial score (nSPS) is 10.1. The predicted octanol–water partition coefficient (Wildman–Crippen LogP) is 1.28. The minimum absolute atomic E-state index is 0.0598. The number of nitrogens with zero attached hydrogens (tertiary/aromatic N) is 4. The van der Waals surface area contributed by atoms with Crippen LogP contribution in [-0.2, 0) is 0 Å². The molecule has 0 bridgehead atoms. The van der Waals surface area contributed by atoms with E-state index >= 15 is 0 Å². The quantitative estimate of drug-likeness (QED) is 0.775. The molecule has 0 amide bonds. The summed E-state index contributed by atoms with van der Waals surface area (Å²) in [5, 5.41) is 14.9. The highest BCUT2D eigenvalue weighted by molar-refractivity contribution is 5.54. The van der Waals surface area contributed by atoms with Crippen molar-refractivity contribution in [3.8, 4) is 17.1 Å². The first kappa shape index (κ1) is 10.4. The van der Waals surface area contributed by atoms with Crippen LogP contribution in [0.5, 0.6) is 5.75 Å². The van der Waals surface area contributed by atoms with Gasteiger partial charge in [0.2, 0.25) is 5.82 Å². The molecule has 0 unspecified atom stereocenters. The summed E-state index contributed by atoms with van der Waals surface area (Å²) in [7, 11) is 0. The molecule has 2 rings (SSSR count). The van der Waals surface area contributed by atoms with E-state index in [9.17, 15) is 4.39 Å². The first-order valence-corrected chi connectivity index (χ1v) is 4.70. The molecule has 0 radical (unpaired) electrons. The fourth-order valence-corrected chi connectivity index (χ4v) is 1.18. The van der Waals surface area contributed by atoms with Gasteiger partial charge >= 0.3 is 0 Å². The highest BCUT2D eigenvalue weighted by Gasteiger charge is 2.01. The minimum atomic E-state index is -0.503. The Morgan fingerprint density at radius 2 is 1.75 bits per heavy atom. The summed E-state index contributed by atoms with van der Waals surface area (Å²) in [6, 6.07) is 6.99. The maximum absolute atomic E-state index is 11.9. The van der Waals surface area contributed by atoms with Gasteiger partial charge in [-0.05, 0) is 24.3 Å². The van der Waals surface area contributed by atoms with Crippen molar-refractivity contribution in [2.45, 2.75) is 0 Å². The summed E-state index contributed by atoms with van der Waals surface area (Å²) in [6.07, 6.45) is 1.27. The van der Waals surface area contributed by atoms with E-state index in [2.05, 4.69) is 20.4 Å². The topological polar surface area (TPSA) is 60.8 Å². The van der Waals surface area contributed by atoms with Gasteiger partial charge in [-0.25, -0.2) is 4.39 Å². The van der Waals surface area contributed by atoms with E-state index in [1.807, 2.05) is 0 Å². The molecule has 0 saturated carbocycles. The Kier molecular flexibility index (Phi) is 3.32. The standard InChI is InChI=1S/C10H9FN4O/c11-5-6-16-9-3-1-8(2-4-9)10-14-12-7-13-15-10/h1-4,7H,5-6H2/i11-1. The zero-order valence-electron chi connectivity index (χ0n) is 8.38. The van der Waals surface area contributed by atoms with Crippen molar-refractivity contribution in [3.05, 3.63) is 30.6 Å². The van der Waals surface area contributed by atoms with Crippen molar-refractivity contribution in [2.75, 3.05) is 13.3 Å². The number of hydrogen-bond acceptors (Lipinski definition) is 5. The Hall–Kier alpha value is -2.11. The number of halogens is 1. The van der Waals surface area contributed by atoms with Gasteiger partial charge in [-0.1, -0.05) is 0 Å². The van der Waals surface area contributed by atoms with Crippen molar-refractivity contribution < 1.29 is 9.13 Å². The van der Waals surface area contributed by atoms with E-state index in [1.165, 1.54) is 6.33 Å². The summed E-state index contributed by atoms with van der Waals surface area (Å²) < 4.78 is 17.0. The molecule has 0 fully saturated rings. The largest absolute Gasteiger partial charge is 0.491 e. The van der Waals surface area contributed by atoms with Crippen LogP contribution < -0.4 is 4.74 Å². The van der Waals surface area contributed by atoms with Crippen LogP contribution in [0, 0.1) is 0 Å². The van der Waals surface area contributed by atoms with E-state index < -0.39 is 6.67 Å². The number of rotatable bonds is 4. The summed E-state index contributed by atoms with van der Waals surface area (Å²) in [4.78, 5) is 0. The third-order valence-electron chi connectivity index (χ3n) is 1.87. The van der Waals surface area contributed by atoms with Crippen molar-refractivity contribution in [2.24, 2.45) is 0 Å². The highest BCUT2D eigenvalue weighted by atomic mass is 18.2. The van der Waals surface area contributed by atoms with Gasteiger partial charge in [0, 0.05) is 5.56 Å². The fraction of sp³-hybridized carbons (Fsp3) is 0.200. The smallest absolute Gasteiger partial charge is 0.203 e. The van der Waals surface area contributed by atoms with E-state index in [1.54, 1.807) is 24.3 Å². The van der Waals surface area contributed by atoms with E-state index in [0.29, 0.717) is 11.6 Å². The summed E-state index contributed by atoms with van der Waals surface area (Å²) in [6.45, 7) is -0.443. The van der Waals surface area contributed by atoms with Crippen molar-refractivity contribution in [1.82, 2.24) is 20.4 Å². The first-order chi connectivity index (χ1) is 7.90. The maximum atomic E-state index is 11.9. The molecule has 1 aromatic heterocycles. The lowest BCUT2D eigenvalue weighted by Crippen LogP contribution is -1.98. The molecule has 5 nitrogen and oxygen atoms in total. The number of hydrogen-bond donors (Lipinski definition) is 0. The highest BCUT2D eigenvalue weighted by Crippen LogP contribution is 2.17. The lowest BCUT2D eigenvalue weighted by atomic mass is 10.2. The molecule has 1 heterocycles. The predicted molar refractivity (Wildman–Crippen MR) is 54.5 cm³/mol. The summed E-state index contributed by atoms with van der Waals surface area (Å²) in [5.41, 5.74) is 0.785. The molecule has 0 N–H and O–H groups in total. The second kappa shape index (κ2) is 5.11. The van der Waals surface area contributed by atoms with Gasteiger partial charge in [0.15, 0.2) is 6.33 Å². The Labute approximate surface area is 91.3 Å². The van der Waals surface area contributed by atoms with Gasteiger partial charge in [0.1, 0.15) is 19.0 Å². The Balaban J connectivity index is 2.13. The molecular weight excluding hydrogens is 210 g/mol. The molecule has 0 saturated heterocycles. The van der Waals surface area contributed by atoms with Gasteiger partial charge in [-0.2, -0.15) is 0 Å². The molecule has 0 aliphatic carbocycles. The Bertz CT molecular complexity index is 434. The first-order valence-electron chi connectivity index (χ1n) is 4.70. The molecule has 16 heavy (non-hydrogen) atoms. The number of aromatic nitrogens is 4. The average molecular weight is 219 g/mol. The average Bonchev–Trinajstić information content (AvgIpc) is 2.38. The van der Waals surface area contributed by atoms with Gasteiger partial charge in [-0.3, -0.25) is 0 Å². The molecule has 0 spiro atoms. The summed E-state index contributed by atoms with van der Waals surface area (Å²) in [5.74, 6) is 1.05. The van der Waals surface area contributed by atoms with Gasteiger partial charge in [-0.15, -0.1) is 20.4 Å². The van der Waals surface area contributed by atoms with Gasteiger partial charge in [0.25, 0.3) is 0 Å². The number of alkyl halides is 1. The molecule has 2 aromatic rings. The SMILES string of the molecule is [18F]CCOc1ccc(-c2nncnn2)cc1. The summed E-state index contributed by atoms with van der Waals surface area (Å²) >= 11 is 0. The molecule has 0 aliphatic rings. The van der Waals surface area contributed by atoms with Crippen LogP contribution in [-0.4, -0.2) is 33.7 Å². The lowest BCUT2D eigenvalue weighted by molar-refractivity contribution is 0.273. The lowest BCUT2D eigenvalue weighted by Gasteiger charge is -2.03. The minimum Gasteiger partial charge on any atom is -0.491 e. The Morgan fingerprint density at radius 1 is 1.06 bits per heavy atom. The zero-order chi connectivity index (χ0) is 11.2. The van der Waals surface area contributed by atoms with Crippen molar-refractivity contribution in [1.29, 1.82) is 0 Å². The Morgan fingerprint density at radius 3 is 2.38 bits per heavy atom. The van der Waals surface area contributed by atoms with E-state index in [-0.39, 0.29) is 6.61 Å². The van der Waals surface area contributed by atoms with Crippen LogP contribution in [0.4, 0.5) is 4.39 Å². The maximum Gasteiger partial charge on any atom is 0.203 e. The zero-order valence-corrected chi connectivity index (χ0v) is 8.38. The van der Waals surface area contributed by atoms with E-state index in [4.69, 9.17) is 4.74 Å². The van der Waals surface area contributed by atoms with Crippen LogP contribution in [0.3, 0.4) is 0 Å². The number of ether oxygens (including phenoxy) is 1. The monoisotopic (exact) mass is 219 g/mol. The van der Waals surface area contributed by atoms with E-state index in [0.717, 1.165) is 5.56 Å². The molecule has 82 valence electrons. The molecular formula is C10H9FN4O. The molecule has 0 aliphatic heterocycles. The number of benzene rings is 1. The van der Waals surface area contributed by atoms with Crippen molar-refractivity contribution in [3.63, 3.8) is 0 Å². The van der Waals surface area contributed by atoms with Crippen LogP contribution >= 0.6 is 0 Å². The van der Waals surface area contributed by atoms with Crippen LogP contribution in [0.1, 0.15) is 0 Å². The van der Waals surface area contributed by atoms with Crippen LogP contribution in [0.2, 0.25) is 0 Å². The molecule has 6 heteroatoms. The molecule has 0 atom stereocenters. The third kappa shape index (κ3) is 2.47. The van der Waals surface area contributed by atoms with Gasteiger partial charge in [0.05, 0.1) is 0 Å². The molecule has 1 aromatic carbocycles. The third-order valence-corrected chi connectivity index (χ3v) is 1.87.